The number of aliphatic imine (C=N–C) groups is 1. The third kappa shape index (κ3) is 8.22. The van der Waals surface area contributed by atoms with E-state index in [0.29, 0.717) is 25.6 Å². The van der Waals surface area contributed by atoms with Crippen molar-refractivity contribution in [3.8, 4) is 5.75 Å². The first-order chi connectivity index (χ1) is 14.1. The third-order valence-electron chi connectivity index (χ3n) is 4.70. The number of hydrogen-bond donors (Lipinski definition) is 2. The predicted molar refractivity (Wildman–Crippen MR) is 134 cm³/mol. The van der Waals surface area contributed by atoms with Crippen LogP contribution < -0.4 is 15.4 Å². The van der Waals surface area contributed by atoms with Crippen molar-refractivity contribution in [3.05, 3.63) is 65.2 Å². The summed E-state index contributed by atoms with van der Waals surface area (Å²) in [5.74, 6) is 1.54. The lowest BCUT2D eigenvalue weighted by molar-refractivity contribution is -0.130. The number of guanidine groups is 1. The van der Waals surface area contributed by atoms with E-state index < -0.39 is 0 Å². The number of hydrogen-bond acceptors (Lipinski definition) is 3. The number of aryl methyl sites for hydroxylation is 1. The van der Waals surface area contributed by atoms with Crippen LogP contribution in [0.25, 0.3) is 0 Å². The van der Waals surface area contributed by atoms with Crippen molar-refractivity contribution >= 4 is 35.8 Å². The van der Waals surface area contributed by atoms with Crippen LogP contribution in [0.3, 0.4) is 0 Å². The number of nitrogens with zero attached hydrogens (tertiary/aromatic N) is 2. The van der Waals surface area contributed by atoms with Crippen molar-refractivity contribution in [1.29, 1.82) is 0 Å². The number of nitrogens with one attached hydrogen (secondary N) is 2. The molecule has 0 heterocycles. The molecule has 0 radical (unpaired) electrons. The Hall–Kier alpha value is -2.29. The van der Waals surface area contributed by atoms with Crippen molar-refractivity contribution in [2.24, 2.45) is 4.99 Å². The Labute approximate surface area is 197 Å². The molecule has 0 aliphatic rings. The molecular weight excluding hydrogens is 491 g/mol. The molecular formula is C23H33IN4O2. The first-order valence-corrected chi connectivity index (χ1v) is 9.97. The Morgan fingerprint density at radius 2 is 1.87 bits per heavy atom. The van der Waals surface area contributed by atoms with Gasteiger partial charge in [0.1, 0.15) is 5.75 Å². The SMILES string of the molecule is CCN(Cc1ccccc1)C(=O)CNC(=NC)NCCc1cc(C)ccc1OC.I. The number of benzene rings is 2. The van der Waals surface area contributed by atoms with E-state index in [0.717, 1.165) is 23.3 Å². The Morgan fingerprint density at radius 1 is 1.13 bits per heavy atom. The van der Waals surface area contributed by atoms with Gasteiger partial charge >= 0.3 is 0 Å². The summed E-state index contributed by atoms with van der Waals surface area (Å²) in [5.41, 5.74) is 3.47. The molecule has 0 spiro atoms. The van der Waals surface area contributed by atoms with Crippen molar-refractivity contribution in [3.63, 3.8) is 0 Å². The molecule has 2 aromatic carbocycles. The van der Waals surface area contributed by atoms with Crippen LogP contribution in [0.15, 0.2) is 53.5 Å². The second-order valence-corrected chi connectivity index (χ2v) is 6.81. The molecule has 0 aliphatic heterocycles. The molecule has 6 nitrogen and oxygen atoms in total. The summed E-state index contributed by atoms with van der Waals surface area (Å²) in [7, 11) is 3.39. The van der Waals surface area contributed by atoms with E-state index in [1.807, 2.05) is 54.3 Å². The van der Waals surface area contributed by atoms with Crippen molar-refractivity contribution in [2.45, 2.75) is 26.8 Å². The molecule has 164 valence electrons. The summed E-state index contributed by atoms with van der Waals surface area (Å²) in [6.45, 7) is 6.22. The van der Waals surface area contributed by atoms with Crippen molar-refractivity contribution < 1.29 is 9.53 Å². The highest BCUT2D eigenvalue weighted by Crippen LogP contribution is 2.19. The van der Waals surface area contributed by atoms with E-state index in [1.165, 1.54) is 5.56 Å². The van der Waals surface area contributed by atoms with Crippen LogP contribution in [-0.4, -0.2) is 50.6 Å². The topological polar surface area (TPSA) is 66.0 Å². The maximum Gasteiger partial charge on any atom is 0.242 e. The fraction of sp³-hybridized carbons (Fsp3) is 0.391. The summed E-state index contributed by atoms with van der Waals surface area (Å²) in [5, 5.41) is 6.38. The molecule has 0 unspecified atom stereocenters. The van der Waals surface area contributed by atoms with Gasteiger partial charge in [-0.05, 0) is 37.5 Å². The number of ether oxygens (including phenoxy) is 1. The maximum absolute atomic E-state index is 12.6. The van der Waals surface area contributed by atoms with E-state index in [2.05, 4.69) is 28.6 Å². The van der Waals surface area contributed by atoms with E-state index in [-0.39, 0.29) is 36.4 Å². The summed E-state index contributed by atoms with van der Waals surface area (Å²) in [6, 6.07) is 16.2. The highest BCUT2D eigenvalue weighted by atomic mass is 127. The van der Waals surface area contributed by atoms with Gasteiger partial charge in [0, 0.05) is 26.7 Å². The number of halogens is 1. The number of carbonyl (C=O) groups excluding carboxylic acids is 1. The van der Waals surface area contributed by atoms with Crippen molar-refractivity contribution in [1.82, 2.24) is 15.5 Å². The Kier molecular flexibility index (Phi) is 11.9. The minimum absolute atomic E-state index is 0. The second kappa shape index (κ2) is 13.8. The largest absolute Gasteiger partial charge is 0.496 e. The van der Waals surface area contributed by atoms with Gasteiger partial charge in [0.2, 0.25) is 5.91 Å². The highest BCUT2D eigenvalue weighted by Gasteiger charge is 2.12. The monoisotopic (exact) mass is 524 g/mol. The average molecular weight is 524 g/mol. The molecule has 0 aliphatic carbocycles. The van der Waals surface area contributed by atoms with Gasteiger partial charge in [-0.25, -0.2) is 0 Å². The minimum Gasteiger partial charge on any atom is -0.496 e. The predicted octanol–water partition coefficient (Wildman–Crippen LogP) is 3.38. The molecule has 0 aromatic heterocycles. The van der Waals surface area contributed by atoms with E-state index >= 15 is 0 Å². The van der Waals surface area contributed by atoms with Crippen LogP contribution in [0.2, 0.25) is 0 Å². The van der Waals surface area contributed by atoms with Crippen LogP contribution in [0.1, 0.15) is 23.6 Å². The Bertz CT molecular complexity index is 812. The Balaban J connectivity index is 0.00000450. The summed E-state index contributed by atoms with van der Waals surface area (Å²) in [6.07, 6.45) is 0.800. The fourth-order valence-corrected chi connectivity index (χ4v) is 3.09. The van der Waals surface area contributed by atoms with Gasteiger partial charge in [0.25, 0.3) is 0 Å². The molecule has 0 saturated carbocycles. The molecule has 2 N–H and O–H groups in total. The molecule has 30 heavy (non-hydrogen) atoms. The van der Waals surface area contributed by atoms with Gasteiger partial charge in [-0.2, -0.15) is 0 Å². The number of rotatable bonds is 9. The summed E-state index contributed by atoms with van der Waals surface area (Å²) >= 11 is 0. The van der Waals surface area contributed by atoms with Crippen LogP contribution in [0.5, 0.6) is 5.75 Å². The third-order valence-corrected chi connectivity index (χ3v) is 4.70. The highest BCUT2D eigenvalue weighted by molar-refractivity contribution is 14.0. The molecule has 0 atom stereocenters. The lowest BCUT2D eigenvalue weighted by Crippen LogP contribution is -2.44. The normalized spacial score (nSPS) is 10.7. The molecule has 2 aromatic rings. The van der Waals surface area contributed by atoms with E-state index in [4.69, 9.17) is 4.74 Å². The van der Waals surface area contributed by atoms with E-state index in [1.54, 1.807) is 14.2 Å². The molecule has 1 amide bonds. The van der Waals surface area contributed by atoms with Crippen molar-refractivity contribution in [2.75, 3.05) is 33.8 Å². The van der Waals surface area contributed by atoms with Gasteiger partial charge in [-0.3, -0.25) is 9.79 Å². The van der Waals surface area contributed by atoms with Crippen LogP contribution in [0, 0.1) is 6.92 Å². The molecule has 0 fully saturated rings. The standard InChI is InChI=1S/C23H32N4O2.HI/c1-5-27(17-19-9-7-6-8-10-19)22(28)16-26-23(24-3)25-14-13-20-15-18(2)11-12-21(20)29-4;/h6-12,15H,5,13-14,16-17H2,1-4H3,(H2,24,25,26);1H. The number of amides is 1. The average Bonchev–Trinajstić information content (AvgIpc) is 2.75. The minimum atomic E-state index is 0. The Morgan fingerprint density at radius 3 is 2.50 bits per heavy atom. The number of methoxy groups -OCH3 is 1. The molecule has 2 rings (SSSR count). The number of carbonyl (C=O) groups is 1. The first kappa shape index (κ1) is 25.7. The van der Waals surface area contributed by atoms with Gasteiger partial charge < -0.3 is 20.3 Å². The molecule has 0 bridgehead atoms. The van der Waals surface area contributed by atoms with Gasteiger partial charge in [-0.15, -0.1) is 24.0 Å². The zero-order valence-electron chi connectivity index (χ0n) is 18.3. The first-order valence-electron chi connectivity index (χ1n) is 9.97. The van der Waals surface area contributed by atoms with Gasteiger partial charge in [0.05, 0.1) is 13.7 Å². The summed E-state index contributed by atoms with van der Waals surface area (Å²) in [4.78, 5) is 18.6. The van der Waals surface area contributed by atoms with Crippen LogP contribution in [0.4, 0.5) is 0 Å². The number of likely N-dealkylation sites (N-methyl/N-ethyl adjacent to an activating group) is 1. The van der Waals surface area contributed by atoms with Gasteiger partial charge in [0.15, 0.2) is 5.96 Å². The summed E-state index contributed by atoms with van der Waals surface area (Å²) < 4.78 is 5.43. The quantitative estimate of drug-likeness (QED) is 0.300. The van der Waals surface area contributed by atoms with Crippen LogP contribution >= 0.6 is 24.0 Å². The lowest BCUT2D eigenvalue weighted by Gasteiger charge is -2.22. The smallest absolute Gasteiger partial charge is 0.242 e. The van der Waals surface area contributed by atoms with Crippen LogP contribution in [-0.2, 0) is 17.8 Å². The molecule has 7 heteroatoms. The lowest BCUT2D eigenvalue weighted by atomic mass is 10.1. The van der Waals surface area contributed by atoms with Gasteiger partial charge in [-0.1, -0.05) is 48.0 Å². The van der Waals surface area contributed by atoms with E-state index in [9.17, 15) is 4.79 Å². The zero-order chi connectivity index (χ0) is 21.1. The zero-order valence-corrected chi connectivity index (χ0v) is 20.6. The molecule has 0 saturated heterocycles. The maximum atomic E-state index is 12.6. The fourth-order valence-electron chi connectivity index (χ4n) is 3.09. The second-order valence-electron chi connectivity index (χ2n) is 6.81.